The van der Waals surface area contributed by atoms with Gasteiger partial charge in [0, 0.05) is 24.8 Å². The highest BCUT2D eigenvalue weighted by Crippen LogP contribution is 2.13. The van der Waals surface area contributed by atoms with Gasteiger partial charge >= 0.3 is 0 Å². The lowest BCUT2D eigenvalue weighted by atomic mass is 10.1. The molecule has 0 radical (unpaired) electrons. The minimum Gasteiger partial charge on any atom is -0.321 e. The number of sulfonamides is 1. The molecular weight excluding hydrogens is 400 g/mol. The van der Waals surface area contributed by atoms with E-state index >= 15 is 0 Å². The SMILES string of the molecule is CN(C)Cc1ccc(S(=O)(=O)NCc2ccc(C(=O)Nc3cccnc3)cc2)cc1. The van der Waals surface area contributed by atoms with Crippen molar-refractivity contribution in [1.29, 1.82) is 0 Å². The summed E-state index contributed by atoms with van der Waals surface area (Å²) in [5.41, 5.74) is 2.87. The van der Waals surface area contributed by atoms with E-state index in [1.165, 1.54) is 0 Å². The summed E-state index contributed by atoms with van der Waals surface area (Å²) >= 11 is 0. The van der Waals surface area contributed by atoms with Crippen LogP contribution in [-0.4, -0.2) is 38.3 Å². The molecule has 1 aromatic heterocycles. The Morgan fingerprint density at radius 2 is 1.63 bits per heavy atom. The first kappa shape index (κ1) is 21.6. The number of hydrogen-bond donors (Lipinski definition) is 2. The first-order chi connectivity index (χ1) is 14.3. The molecule has 0 aliphatic carbocycles. The average Bonchev–Trinajstić information content (AvgIpc) is 2.73. The Morgan fingerprint density at radius 3 is 2.23 bits per heavy atom. The maximum Gasteiger partial charge on any atom is 0.255 e. The van der Waals surface area contributed by atoms with Crippen LogP contribution in [0.2, 0.25) is 0 Å². The van der Waals surface area contributed by atoms with Crippen molar-refractivity contribution >= 4 is 21.6 Å². The molecular formula is C22H24N4O3S. The number of carbonyl (C=O) groups excluding carboxylic acids is 1. The van der Waals surface area contributed by atoms with E-state index in [0.717, 1.165) is 17.7 Å². The van der Waals surface area contributed by atoms with Crippen molar-refractivity contribution in [3.8, 4) is 0 Å². The number of pyridine rings is 1. The third-order valence-electron chi connectivity index (χ3n) is 4.33. The second kappa shape index (κ2) is 9.62. The van der Waals surface area contributed by atoms with E-state index in [4.69, 9.17) is 0 Å². The third kappa shape index (κ3) is 5.96. The van der Waals surface area contributed by atoms with Gasteiger partial charge in [0.25, 0.3) is 5.91 Å². The standard InChI is InChI=1S/C22H24N4O3S/c1-26(2)16-18-7-11-21(12-8-18)30(28,29)24-14-17-5-9-19(10-6-17)22(27)25-20-4-3-13-23-15-20/h3-13,15,24H,14,16H2,1-2H3,(H,25,27). The van der Waals surface area contributed by atoms with E-state index in [0.29, 0.717) is 11.3 Å². The zero-order valence-electron chi connectivity index (χ0n) is 16.9. The fourth-order valence-electron chi connectivity index (χ4n) is 2.81. The number of rotatable bonds is 8. The number of nitrogens with one attached hydrogen (secondary N) is 2. The normalized spacial score (nSPS) is 11.4. The zero-order valence-corrected chi connectivity index (χ0v) is 17.7. The van der Waals surface area contributed by atoms with Crippen molar-refractivity contribution < 1.29 is 13.2 Å². The summed E-state index contributed by atoms with van der Waals surface area (Å²) in [4.78, 5) is 18.5. The van der Waals surface area contributed by atoms with Gasteiger partial charge in [0.2, 0.25) is 10.0 Å². The summed E-state index contributed by atoms with van der Waals surface area (Å²) < 4.78 is 27.6. The molecule has 2 N–H and O–H groups in total. The summed E-state index contributed by atoms with van der Waals surface area (Å²) in [6.45, 7) is 0.876. The fraction of sp³-hybridized carbons (Fsp3) is 0.182. The average molecular weight is 425 g/mol. The molecule has 1 heterocycles. The minimum atomic E-state index is -3.62. The molecule has 8 heteroatoms. The van der Waals surface area contributed by atoms with Crippen LogP contribution < -0.4 is 10.0 Å². The molecule has 0 spiro atoms. The largest absolute Gasteiger partial charge is 0.321 e. The molecule has 2 aromatic carbocycles. The molecule has 0 fully saturated rings. The van der Waals surface area contributed by atoms with Crippen LogP contribution in [0.5, 0.6) is 0 Å². The lowest BCUT2D eigenvalue weighted by molar-refractivity contribution is 0.102. The summed E-state index contributed by atoms with van der Waals surface area (Å²) in [6.07, 6.45) is 3.19. The lowest BCUT2D eigenvalue weighted by Crippen LogP contribution is -2.23. The summed E-state index contributed by atoms with van der Waals surface area (Å²) in [5, 5.41) is 2.76. The van der Waals surface area contributed by atoms with Gasteiger partial charge < -0.3 is 10.2 Å². The topological polar surface area (TPSA) is 91.4 Å². The Kier molecular flexibility index (Phi) is 6.94. The molecule has 3 rings (SSSR count). The van der Waals surface area contributed by atoms with E-state index in [-0.39, 0.29) is 17.3 Å². The van der Waals surface area contributed by atoms with Gasteiger partial charge in [-0.05, 0) is 61.6 Å². The number of nitrogens with zero attached hydrogens (tertiary/aromatic N) is 2. The Bertz CT molecular complexity index is 1080. The number of anilines is 1. The van der Waals surface area contributed by atoms with Crippen LogP contribution in [0.25, 0.3) is 0 Å². The number of amides is 1. The van der Waals surface area contributed by atoms with E-state index in [9.17, 15) is 13.2 Å². The van der Waals surface area contributed by atoms with Gasteiger partial charge in [-0.3, -0.25) is 9.78 Å². The van der Waals surface area contributed by atoms with Gasteiger partial charge in [-0.2, -0.15) is 0 Å². The van der Waals surface area contributed by atoms with E-state index in [1.807, 2.05) is 31.1 Å². The molecule has 1 amide bonds. The molecule has 0 saturated carbocycles. The van der Waals surface area contributed by atoms with Crippen molar-refractivity contribution in [2.45, 2.75) is 18.0 Å². The highest BCUT2D eigenvalue weighted by molar-refractivity contribution is 7.89. The van der Waals surface area contributed by atoms with Crippen LogP contribution in [-0.2, 0) is 23.1 Å². The van der Waals surface area contributed by atoms with E-state index in [2.05, 4.69) is 15.0 Å². The smallest absolute Gasteiger partial charge is 0.255 e. The van der Waals surface area contributed by atoms with Gasteiger partial charge in [0.05, 0.1) is 16.8 Å². The molecule has 0 aliphatic rings. The van der Waals surface area contributed by atoms with Crippen molar-refractivity contribution in [2.24, 2.45) is 0 Å². The molecule has 3 aromatic rings. The van der Waals surface area contributed by atoms with Crippen molar-refractivity contribution in [1.82, 2.24) is 14.6 Å². The highest BCUT2D eigenvalue weighted by atomic mass is 32.2. The predicted octanol–water partition coefficient (Wildman–Crippen LogP) is 2.87. The van der Waals surface area contributed by atoms with Gasteiger partial charge in [-0.25, -0.2) is 13.1 Å². The van der Waals surface area contributed by atoms with Gasteiger partial charge in [-0.1, -0.05) is 24.3 Å². The number of aromatic nitrogens is 1. The van der Waals surface area contributed by atoms with Crippen molar-refractivity contribution in [3.63, 3.8) is 0 Å². The number of benzene rings is 2. The lowest BCUT2D eigenvalue weighted by Gasteiger charge is -2.11. The zero-order chi connectivity index (χ0) is 21.6. The minimum absolute atomic E-state index is 0.131. The van der Waals surface area contributed by atoms with Gasteiger partial charge in [-0.15, -0.1) is 0 Å². The van der Waals surface area contributed by atoms with E-state index in [1.54, 1.807) is 60.9 Å². The number of hydrogen-bond acceptors (Lipinski definition) is 5. The molecule has 156 valence electrons. The predicted molar refractivity (Wildman–Crippen MR) is 116 cm³/mol. The molecule has 0 aliphatic heterocycles. The van der Waals surface area contributed by atoms with Crippen LogP contribution >= 0.6 is 0 Å². The van der Waals surface area contributed by atoms with Crippen LogP contribution in [0, 0.1) is 0 Å². The van der Waals surface area contributed by atoms with Gasteiger partial charge in [0.1, 0.15) is 0 Å². The van der Waals surface area contributed by atoms with Crippen LogP contribution in [0.15, 0.2) is 78.0 Å². The van der Waals surface area contributed by atoms with E-state index < -0.39 is 10.0 Å². The number of carbonyl (C=O) groups is 1. The molecule has 7 nitrogen and oxygen atoms in total. The molecule has 0 unspecified atom stereocenters. The Balaban J connectivity index is 1.59. The van der Waals surface area contributed by atoms with Crippen molar-refractivity contribution in [3.05, 3.63) is 89.7 Å². The first-order valence-electron chi connectivity index (χ1n) is 9.37. The second-order valence-corrected chi connectivity index (χ2v) is 8.87. The van der Waals surface area contributed by atoms with Crippen molar-refractivity contribution in [2.75, 3.05) is 19.4 Å². The quantitative estimate of drug-likeness (QED) is 0.580. The van der Waals surface area contributed by atoms with Gasteiger partial charge in [0.15, 0.2) is 0 Å². The Labute approximate surface area is 176 Å². The maximum atomic E-state index is 12.5. The summed E-state index contributed by atoms with van der Waals surface area (Å²) in [7, 11) is 0.296. The molecule has 30 heavy (non-hydrogen) atoms. The first-order valence-corrected chi connectivity index (χ1v) is 10.9. The summed E-state index contributed by atoms with van der Waals surface area (Å²) in [6, 6.07) is 17.1. The maximum absolute atomic E-state index is 12.5. The second-order valence-electron chi connectivity index (χ2n) is 7.10. The fourth-order valence-corrected chi connectivity index (χ4v) is 3.83. The monoisotopic (exact) mass is 424 g/mol. The Hall–Kier alpha value is -3.07. The summed E-state index contributed by atoms with van der Waals surface area (Å²) in [5.74, 6) is -0.257. The van der Waals surface area contributed by atoms with Crippen LogP contribution in [0.3, 0.4) is 0 Å². The molecule has 0 saturated heterocycles. The molecule has 0 atom stereocenters. The highest BCUT2D eigenvalue weighted by Gasteiger charge is 2.14. The molecule has 0 bridgehead atoms. The third-order valence-corrected chi connectivity index (χ3v) is 5.75. The van der Waals surface area contributed by atoms with Crippen LogP contribution in [0.1, 0.15) is 21.5 Å². The van der Waals surface area contributed by atoms with Crippen LogP contribution in [0.4, 0.5) is 5.69 Å². The Morgan fingerprint density at radius 1 is 0.967 bits per heavy atom.